The number of anilines is 1. The predicted octanol–water partition coefficient (Wildman–Crippen LogP) is 3.29. The molecule has 3 N–H and O–H groups in total. The molecule has 0 radical (unpaired) electrons. The van der Waals surface area contributed by atoms with Crippen LogP contribution in [-0.4, -0.2) is 11.9 Å². The molecule has 2 heterocycles. The number of carbonyl (C=O) groups excluding carboxylic acids is 2. The zero-order valence-electron chi connectivity index (χ0n) is 17.5. The summed E-state index contributed by atoms with van der Waals surface area (Å²) in [5, 5.41) is 3.86. The van der Waals surface area contributed by atoms with Gasteiger partial charge in [-0.1, -0.05) is 12.1 Å². The topological polar surface area (TPSA) is 131 Å². The van der Waals surface area contributed by atoms with E-state index in [9.17, 15) is 19.2 Å². The first-order valence-electron chi connectivity index (χ1n) is 9.68. The van der Waals surface area contributed by atoms with Gasteiger partial charge in [0.1, 0.15) is 16.7 Å². The van der Waals surface area contributed by atoms with Gasteiger partial charge in [0.2, 0.25) is 0 Å². The van der Waals surface area contributed by atoms with E-state index in [-0.39, 0.29) is 5.56 Å². The van der Waals surface area contributed by atoms with Crippen molar-refractivity contribution in [1.82, 2.24) is 10.9 Å². The van der Waals surface area contributed by atoms with Crippen LogP contribution in [0.15, 0.2) is 60.9 Å². The highest BCUT2D eigenvalue weighted by Gasteiger charge is 2.15. The summed E-state index contributed by atoms with van der Waals surface area (Å²) >= 11 is 0. The molecule has 9 heteroatoms. The van der Waals surface area contributed by atoms with Gasteiger partial charge in [-0.3, -0.25) is 10.2 Å². The van der Waals surface area contributed by atoms with Gasteiger partial charge in [0, 0.05) is 22.5 Å². The van der Waals surface area contributed by atoms with Gasteiger partial charge in [-0.2, -0.15) is 0 Å². The Bertz CT molecular complexity index is 1520. The molecule has 0 saturated heterocycles. The lowest BCUT2D eigenvalue weighted by atomic mass is 10.1. The van der Waals surface area contributed by atoms with Gasteiger partial charge < -0.3 is 14.2 Å². The summed E-state index contributed by atoms with van der Waals surface area (Å²) in [6, 6.07) is 10.6. The minimum absolute atomic E-state index is 0.241. The molecule has 0 aliphatic carbocycles. The first-order chi connectivity index (χ1) is 15.2. The Morgan fingerprint density at radius 1 is 0.812 bits per heavy atom. The molecule has 2 aromatic heterocycles. The molecule has 0 fully saturated rings. The van der Waals surface area contributed by atoms with Crippen LogP contribution in [0.4, 0.5) is 10.5 Å². The number of amides is 3. The smallest absolute Gasteiger partial charge is 0.349 e. The monoisotopic (exact) mass is 433 g/mol. The number of hydrogen-bond acceptors (Lipinski definition) is 6. The van der Waals surface area contributed by atoms with Crippen LogP contribution in [0.5, 0.6) is 0 Å². The van der Waals surface area contributed by atoms with Crippen LogP contribution >= 0.6 is 0 Å². The number of urea groups is 1. The summed E-state index contributed by atoms with van der Waals surface area (Å²) in [5.41, 5.74) is 6.39. The standard InChI is InChI=1S/C23H19N3O6/c1-11-4-5-14-9-16(22(29)32-18(14)6-11)21(28)25-26-23(30)24-17-10-15-12(2)8-20(27)31-19(15)7-13(17)3/h4-10H,1-3H3,(H,25,28)(H2,24,26,30). The van der Waals surface area contributed by atoms with E-state index in [0.29, 0.717) is 38.8 Å². The molecule has 162 valence electrons. The second kappa shape index (κ2) is 8.03. The summed E-state index contributed by atoms with van der Waals surface area (Å²) in [6.07, 6.45) is 0. The van der Waals surface area contributed by atoms with Crippen LogP contribution in [0.2, 0.25) is 0 Å². The van der Waals surface area contributed by atoms with Crippen molar-refractivity contribution in [2.45, 2.75) is 20.8 Å². The predicted molar refractivity (Wildman–Crippen MR) is 119 cm³/mol. The minimum Gasteiger partial charge on any atom is -0.423 e. The molecule has 4 aromatic rings. The van der Waals surface area contributed by atoms with Gasteiger partial charge in [-0.15, -0.1) is 0 Å². The van der Waals surface area contributed by atoms with Crippen LogP contribution in [0.1, 0.15) is 27.0 Å². The van der Waals surface area contributed by atoms with Gasteiger partial charge >= 0.3 is 17.3 Å². The zero-order valence-corrected chi connectivity index (χ0v) is 17.5. The zero-order chi connectivity index (χ0) is 23.0. The van der Waals surface area contributed by atoms with Crippen LogP contribution in [0, 0.1) is 20.8 Å². The molecule has 4 rings (SSSR count). The van der Waals surface area contributed by atoms with Crippen LogP contribution in [0.3, 0.4) is 0 Å². The van der Waals surface area contributed by atoms with E-state index < -0.39 is 23.2 Å². The first kappa shape index (κ1) is 20.9. The third-order valence-corrected chi connectivity index (χ3v) is 4.97. The van der Waals surface area contributed by atoms with E-state index in [2.05, 4.69) is 16.2 Å². The number of nitrogens with one attached hydrogen (secondary N) is 3. The number of hydrogen-bond donors (Lipinski definition) is 3. The Hall–Kier alpha value is -4.40. The van der Waals surface area contributed by atoms with Crippen molar-refractivity contribution >= 4 is 39.6 Å². The normalized spacial score (nSPS) is 10.8. The molecule has 0 aliphatic heterocycles. The summed E-state index contributed by atoms with van der Waals surface area (Å²) in [4.78, 5) is 48.4. The maximum Gasteiger partial charge on any atom is 0.349 e. The van der Waals surface area contributed by atoms with Crippen LogP contribution < -0.4 is 27.4 Å². The lowest BCUT2D eigenvalue weighted by Gasteiger charge is -2.12. The number of benzene rings is 2. The molecule has 0 aliphatic rings. The Morgan fingerprint density at radius 2 is 1.59 bits per heavy atom. The van der Waals surface area contributed by atoms with Crippen molar-refractivity contribution in [3.63, 3.8) is 0 Å². The van der Waals surface area contributed by atoms with Crippen molar-refractivity contribution in [2.75, 3.05) is 5.32 Å². The first-order valence-corrected chi connectivity index (χ1v) is 9.68. The van der Waals surface area contributed by atoms with Gasteiger partial charge in [0.15, 0.2) is 0 Å². The fraction of sp³-hybridized carbons (Fsp3) is 0.130. The summed E-state index contributed by atoms with van der Waals surface area (Å²) in [6.45, 7) is 5.35. The number of rotatable bonds is 2. The van der Waals surface area contributed by atoms with Crippen molar-refractivity contribution < 1.29 is 18.4 Å². The van der Waals surface area contributed by atoms with E-state index in [1.165, 1.54) is 12.1 Å². The van der Waals surface area contributed by atoms with Gasteiger partial charge in [0.25, 0.3) is 5.91 Å². The van der Waals surface area contributed by atoms with E-state index in [4.69, 9.17) is 8.83 Å². The average molecular weight is 433 g/mol. The van der Waals surface area contributed by atoms with E-state index in [1.54, 1.807) is 38.1 Å². The van der Waals surface area contributed by atoms with Crippen LogP contribution in [-0.2, 0) is 0 Å². The van der Waals surface area contributed by atoms with Gasteiger partial charge in [0.05, 0.1) is 0 Å². The second-order valence-corrected chi connectivity index (χ2v) is 7.43. The quantitative estimate of drug-likeness (QED) is 0.328. The van der Waals surface area contributed by atoms with Gasteiger partial charge in [-0.25, -0.2) is 19.8 Å². The Morgan fingerprint density at radius 3 is 2.38 bits per heavy atom. The molecule has 2 aromatic carbocycles. The van der Waals surface area contributed by atoms with Crippen molar-refractivity contribution in [3.8, 4) is 0 Å². The fourth-order valence-electron chi connectivity index (χ4n) is 3.31. The maximum atomic E-state index is 12.4. The highest BCUT2D eigenvalue weighted by atomic mass is 16.4. The Kier molecular flexibility index (Phi) is 5.23. The number of fused-ring (bicyclic) bond motifs is 2. The molecule has 32 heavy (non-hydrogen) atoms. The summed E-state index contributed by atoms with van der Waals surface area (Å²) < 4.78 is 10.4. The van der Waals surface area contributed by atoms with Crippen molar-refractivity contribution in [1.29, 1.82) is 0 Å². The minimum atomic E-state index is -0.816. The molecular formula is C23H19N3O6. The number of carbonyl (C=O) groups is 2. The summed E-state index contributed by atoms with van der Waals surface area (Å²) in [7, 11) is 0. The summed E-state index contributed by atoms with van der Waals surface area (Å²) in [5.74, 6) is -0.816. The average Bonchev–Trinajstić information content (AvgIpc) is 2.72. The molecule has 0 spiro atoms. The number of hydrazine groups is 1. The Balaban J connectivity index is 1.49. The van der Waals surface area contributed by atoms with Crippen molar-refractivity contribution in [3.05, 3.63) is 85.6 Å². The van der Waals surface area contributed by atoms with Gasteiger partial charge in [-0.05, 0) is 61.7 Å². The molecule has 0 saturated carbocycles. The van der Waals surface area contributed by atoms with E-state index in [0.717, 1.165) is 5.56 Å². The fourth-order valence-corrected chi connectivity index (χ4v) is 3.31. The highest BCUT2D eigenvalue weighted by Crippen LogP contribution is 2.25. The molecule has 3 amide bonds. The SMILES string of the molecule is Cc1ccc2cc(C(=O)NNC(=O)Nc3cc4c(C)cc(=O)oc4cc3C)c(=O)oc2c1. The lowest BCUT2D eigenvalue weighted by molar-refractivity contribution is 0.0934. The molecular weight excluding hydrogens is 414 g/mol. The molecule has 0 unspecified atom stereocenters. The van der Waals surface area contributed by atoms with Crippen molar-refractivity contribution in [2.24, 2.45) is 0 Å². The van der Waals surface area contributed by atoms with E-state index in [1.807, 2.05) is 13.0 Å². The van der Waals surface area contributed by atoms with E-state index >= 15 is 0 Å². The molecule has 0 bridgehead atoms. The number of aryl methyl sites for hydroxylation is 3. The third-order valence-electron chi connectivity index (χ3n) is 4.97. The molecule has 9 nitrogen and oxygen atoms in total. The third kappa shape index (κ3) is 4.08. The largest absolute Gasteiger partial charge is 0.423 e. The lowest BCUT2D eigenvalue weighted by Crippen LogP contribution is -2.45. The maximum absolute atomic E-state index is 12.4. The molecule has 0 atom stereocenters. The highest BCUT2D eigenvalue weighted by molar-refractivity contribution is 5.99. The second-order valence-electron chi connectivity index (χ2n) is 7.43. The van der Waals surface area contributed by atoms with Crippen LogP contribution in [0.25, 0.3) is 21.9 Å². The Labute approximate surface area is 181 Å².